The first-order chi connectivity index (χ1) is 8.13. The van der Waals surface area contributed by atoms with Gasteiger partial charge in [0.1, 0.15) is 0 Å². The molecule has 1 unspecified atom stereocenters. The third-order valence-corrected chi connectivity index (χ3v) is 3.09. The van der Waals surface area contributed by atoms with Gasteiger partial charge >= 0.3 is 0 Å². The van der Waals surface area contributed by atoms with E-state index in [2.05, 4.69) is 10.4 Å². The van der Waals surface area contributed by atoms with Crippen LogP contribution in [0.2, 0.25) is 0 Å². The fourth-order valence-corrected chi connectivity index (χ4v) is 1.86. The van der Waals surface area contributed by atoms with E-state index in [4.69, 9.17) is 4.74 Å². The summed E-state index contributed by atoms with van der Waals surface area (Å²) >= 11 is 0. The number of nitrogens with one attached hydrogen (secondary N) is 1. The number of nitrogens with zero attached hydrogens (tertiary/aromatic N) is 2. The van der Waals surface area contributed by atoms with Gasteiger partial charge in [-0.2, -0.15) is 5.10 Å². The molecule has 0 spiro atoms. The van der Waals surface area contributed by atoms with Gasteiger partial charge in [-0.15, -0.1) is 0 Å². The highest BCUT2D eigenvalue weighted by Gasteiger charge is 2.23. The summed E-state index contributed by atoms with van der Waals surface area (Å²) in [6.45, 7) is 7.44. The minimum atomic E-state index is -0.109. The first kappa shape index (κ1) is 12.0. The van der Waals surface area contributed by atoms with Crippen molar-refractivity contribution in [3.63, 3.8) is 0 Å². The first-order valence-corrected chi connectivity index (χ1v) is 6.14. The molecule has 94 valence electrons. The van der Waals surface area contributed by atoms with E-state index in [1.54, 1.807) is 4.68 Å². The molecule has 17 heavy (non-hydrogen) atoms. The molecule has 0 bridgehead atoms. The quantitative estimate of drug-likeness (QED) is 0.866. The second kappa shape index (κ2) is 4.77. The molecule has 5 nitrogen and oxygen atoms in total. The lowest BCUT2D eigenvalue weighted by atomic mass is 10.2. The Morgan fingerprint density at radius 3 is 3.06 bits per heavy atom. The maximum Gasteiger partial charge on any atom is 0.272 e. The number of carbonyl (C=O) groups excluding carboxylic acids is 1. The minimum Gasteiger partial charge on any atom is -0.478 e. The van der Waals surface area contributed by atoms with E-state index in [0.717, 1.165) is 30.8 Å². The Morgan fingerprint density at radius 2 is 2.41 bits per heavy atom. The molecule has 0 aliphatic carbocycles. The zero-order valence-electron chi connectivity index (χ0n) is 10.6. The summed E-state index contributed by atoms with van der Waals surface area (Å²) in [6.07, 6.45) is 1.86. The van der Waals surface area contributed by atoms with Crippen molar-refractivity contribution in [2.24, 2.45) is 0 Å². The van der Waals surface area contributed by atoms with Crippen molar-refractivity contribution in [3.05, 3.63) is 11.3 Å². The molecule has 1 aromatic heterocycles. The topological polar surface area (TPSA) is 56.2 Å². The zero-order chi connectivity index (χ0) is 12.4. The molecule has 0 aromatic carbocycles. The lowest BCUT2D eigenvalue weighted by molar-refractivity contribution is 0.0932. The van der Waals surface area contributed by atoms with E-state index in [1.165, 1.54) is 0 Å². The Labute approximate surface area is 101 Å². The number of hydrogen-bond acceptors (Lipinski definition) is 3. The lowest BCUT2D eigenvalue weighted by Crippen LogP contribution is -2.32. The maximum atomic E-state index is 12.0. The largest absolute Gasteiger partial charge is 0.478 e. The van der Waals surface area contributed by atoms with Crippen molar-refractivity contribution in [2.75, 3.05) is 6.61 Å². The Hall–Kier alpha value is -1.52. The lowest BCUT2D eigenvalue weighted by Gasteiger charge is -2.14. The van der Waals surface area contributed by atoms with E-state index in [0.29, 0.717) is 12.3 Å². The van der Waals surface area contributed by atoms with Crippen LogP contribution in [0.1, 0.15) is 42.7 Å². The van der Waals surface area contributed by atoms with Crippen molar-refractivity contribution in [1.29, 1.82) is 0 Å². The number of amides is 1. The molecule has 2 heterocycles. The monoisotopic (exact) mass is 237 g/mol. The molecule has 0 saturated carbocycles. The van der Waals surface area contributed by atoms with Crippen LogP contribution in [-0.2, 0) is 6.54 Å². The van der Waals surface area contributed by atoms with Crippen LogP contribution >= 0.6 is 0 Å². The fourth-order valence-electron chi connectivity index (χ4n) is 1.86. The van der Waals surface area contributed by atoms with Gasteiger partial charge in [-0.3, -0.25) is 4.79 Å². The highest BCUT2D eigenvalue weighted by Crippen LogP contribution is 2.24. The average Bonchev–Trinajstić information content (AvgIpc) is 2.67. The molecule has 1 aliphatic heterocycles. The van der Waals surface area contributed by atoms with Crippen molar-refractivity contribution in [1.82, 2.24) is 15.1 Å². The van der Waals surface area contributed by atoms with Crippen LogP contribution in [0.25, 0.3) is 0 Å². The highest BCUT2D eigenvalue weighted by atomic mass is 16.5. The van der Waals surface area contributed by atoms with Crippen LogP contribution in [0.4, 0.5) is 0 Å². The van der Waals surface area contributed by atoms with Gasteiger partial charge in [0.25, 0.3) is 5.91 Å². The molecule has 0 radical (unpaired) electrons. The Bertz CT molecular complexity index is 426. The number of ether oxygens (including phenoxy) is 1. The number of hydrogen-bond donors (Lipinski definition) is 1. The number of rotatable bonds is 3. The molecule has 2 rings (SSSR count). The summed E-state index contributed by atoms with van der Waals surface area (Å²) in [5, 5.41) is 7.24. The molecule has 1 aromatic rings. The summed E-state index contributed by atoms with van der Waals surface area (Å²) in [7, 11) is 0. The van der Waals surface area contributed by atoms with Crippen LogP contribution in [0.3, 0.4) is 0 Å². The third-order valence-electron chi connectivity index (χ3n) is 3.09. The third kappa shape index (κ3) is 2.28. The van der Waals surface area contributed by atoms with Gasteiger partial charge in [-0.25, -0.2) is 4.68 Å². The molecule has 1 atom stereocenters. The van der Waals surface area contributed by atoms with Gasteiger partial charge in [0, 0.05) is 24.6 Å². The Kier molecular flexibility index (Phi) is 3.36. The molecule has 0 saturated heterocycles. The second-order valence-electron chi connectivity index (χ2n) is 4.49. The van der Waals surface area contributed by atoms with Gasteiger partial charge in [-0.1, -0.05) is 6.92 Å². The maximum absolute atomic E-state index is 12.0. The van der Waals surface area contributed by atoms with Crippen molar-refractivity contribution in [2.45, 2.75) is 46.2 Å². The molecule has 1 N–H and O–H groups in total. The molecular formula is C12H19N3O2. The Balaban J connectivity index is 2.21. The smallest absolute Gasteiger partial charge is 0.272 e. The standard InChI is InChI=1S/C12H19N3O2/c1-4-8(2)13-11(16)10-9(3)12-15(14-10)6-5-7-17-12/h8H,4-7H2,1-3H3,(H,13,16). The molecule has 1 aliphatic rings. The SMILES string of the molecule is CCC(C)NC(=O)c1nn2c(c1C)OCCC2. The van der Waals surface area contributed by atoms with Crippen LogP contribution in [0.15, 0.2) is 0 Å². The van der Waals surface area contributed by atoms with Crippen molar-refractivity contribution in [3.8, 4) is 5.88 Å². The first-order valence-electron chi connectivity index (χ1n) is 6.14. The predicted molar refractivity (Wildman–Crippen MR) is 64.3 cm³/mol. The number of carbonyl (C=O) groups is 1. The number of fused-ring (bicyclic) bond motifs is 1. The van der Waals surface area contributed by atoms with E-state index < -0.39 is 0 Å². The normalized spacial score (nSPS) is 15.9. The van der Waals surface area contributed by atoms with Gasteiger partial charge < -0.3 is 10.1 Å². The second-order valence-corrected chi connectivity index (χ2v) is 4.49. The van der Waals surface area contributed by atoms with Crippen LogP contribution in [-0.4, -0.2) is 28.3 Å². The van der Waals surface area contributed by atoms with Gasteiger partial charge in [-0.05, 0) is 20.3 Å². The highest BCUT2D eigenvalue weighted by molar-refractivity contribution is 5.94. The van der Waals surface area contributed by atoms with Gasteiger partial charge in [0.2, 0.25) is 5.88 Å². The molecule has 1 amide bonds. The summed E-state index contributed by atoms with van der Waals surface area (Å²) in [6, 6.07) is 0.168. The van der Waals surface area contributed by atoms with E-state index in [-0.39, 0.29) is 11.9 Å². The predicted octanol–water partition coefficient (Wildman–Crippen LogP) is 1.50. The van der Waals surface area contributed by atoms with E-state index in [1.807, 2.05) is 20.8 Å². The minimum absolute atomic E-state index is 0.109. The molecular weight excluding hydrogens is 218 g/mol. The van der Waals surface area contributed by atoms with E-state index >= 15 is 0 Å². The Morgan fingerprint density at radius 1 is 1.65 bits per heavy atom. The average molecular weight is 237 g/mol. The summed E-state index contributed by atoms with van der Waals surface area (Å²) in [5.41, 5.74) is 1.33. The number of aryl methyl sites for hydroxylation is 1. The molecule has 0 fully saturated rings. The van der Waals surface area contributed by atoms with Crippen molar-refractivity contribution >= 4 is 5.91 Å². The van der Waals surface area contributed by atoms with Crippen LogP contribution in [0.5, 0.6) is 5.88 Å². The summed E-state index contributed by atoms with van der Waals surface area (Å²) in [5.74, 6) is 0.632. The van der Waals surface area contributed by atoms with Gasteiger partial charge in [0.15, 0.2) is 5.69 Å². The zero-order valence-corrected chi connectivity index (χ0v) is 10.6. The molecule has 5 heteroatoms. The fraction of sp³-hybridized carbons (Fsp3) is 0.667. The van der Waals surface area contributed by atoms with Crippen molar-refractivity contribution < 1.29 is 9.53 Å². The summed E-state index contributed by atoms with van der Waals surface area (Å²) < 4.78 is 7.32. The number of aromatic nitrogens is 2. The van der Waals surface area contributed by atoms with Crippen LogP contribution in [0, 0.1) is 6.92 Å². The van der Waals surface area contributed by atoms with E-state index in [9.17, 15) is 4.79 Å². The van der Waals surface area contributed by atoms with Crippen LogP contribution < -0.4 is 10.1 Å². The van der Waals surface area contributed by atoms with Gasteiger partial charge in [0.05, 0.1) is 6.61 Å². The summed E-state index contributed by atoms with van der Waals surface area (Å²) in [4.78, 5) is 12.0.